The number of aliphatic hydroxyl groups is 1. The van der Waals surface area contributed by atoms with E-state index in [4.69, 9.17) is 0 Å². The Balaban J connectivity index is 1.99. The molecular formula is C8H10N2O3. The van der Waals surface area contributed by atoms with Crippen molar-refractivity contribution >= 4 is 11.7 Å². The fourth-order valence-electron chi connectivity index (χ4n) is 1.25. The number of rotatable bonds is 2. The molecule has 1 aromatic heterocycles. The Bertz CT molecular complexity index is 303. The van der Waals surface area contributed by atoms with Gasteiger partial charge in [0.2, 0.25) is 0 Å². The van der Waals surface area contributed by atoms with E-state index in [-0.39, 0.29) is 0 Å². The summed E-state index contributed by atoms with van der Waals surface area (Å²) in [4.78, 5) is 11.4. The standard InChI is InChI=1S/C8H10N2O3/c11-7(8(12)3-1-4-8)9-6-2-5-13-10-6/h2,5,12H,1,3-4H2,(H,9,10,11). The van der Waals surface area contributed by atoms with Crippen LogP contribution in [0.3, 0.4) is 0 Å². The highest BCUT2D eigenvalue weighted by atomic mass is 16.5. The van der Waals surface area contributed by atoms with E-state index in [1.807, 2.05) is 0 Å². The van der Waals surface area contributed by atoms with Gasteiger partial charge in [0, 0.05) is 6.07 Å². The predicted molar refractivity (Wildman–Crippen MR) is 43.9 cm³/mol. The lowest BCUT2D eigenvalue weighted by Crippen LogP contribution is -2.48. The van der Waals surface area contributed by atoms with Crippen molar-refractivity contribution in [3.63, 3.8) is 0 Å². The van der Waals surface area contributed by atoms with E-state index in [0.29, 0.717) is 18.7 Å². The zero-order valence-electron chi connectivity index (χ0n) is 6.99. The molecule has 1 saturated carbocycles. The molecule has 0 spiro atoms. The fourth-order valence-corrected chi connectivity index (χ4v) is 1.25. The number of aromatic nitrogens is 1. The lowest BCUT2D eigenvalue weighted by molar-refractivity contribution is -0.142. The Hall–Kier alpha value is -1.36. The van der Waals surface area contributed by atoms with Crippen LogP contribution in [-0.4, -0.2) is 21.8 Å². The molecule has 5 heteroatoms. The number of nitrogens with zero attached hydrogens (tertiary/aromatic N) is 1. The molecule has 0 aliphatic heterocycles. The SMILES string of the molecule is O=C(Nc1ccon1)C1(O)CCC1. The number of amides is 1. The second kappa shape index (κ2) is 2.85. The largest absolute Gasteiger partial charge is 0.380 e. The molecule has 2 rings (SSSR count). The molecule has 1 fully saturated rings. The Morgan fingerprint density at radius 1 is 1.69 bits per heavy atom. The minimum atomic E-state index is -1.18. The first kappa shape index (κ1) is 8.25. The van der Waals surface area contributed by atoms with E-state index in [9.17, 15) is 9.90 Å². The highest BCUT2D eigenvalue weighted by Gasteiger charge is 2.42. The lowest BCUT2D eigenvalue weighted by Gasteiger charge is -2.34. The van der Waals surface area contributed by atoms with Gasteiger partial charge in [0.1, 0.15) is 11.9 Å². The molecule has 1 aliphatic carbocycles. The van der Waals surface area contributed by atoms with Crippen molar-refractivity contribution in [2.45, 2.75) is 24.9 Å². The van der Waals surface area contributed by atoms with Crippen LogP contribution in [0.1, 0.15) is 19.3 Å². The summed E-state index contributed by atoms with van der Waals surface area (Å²) in [5.74, 6) is -0.0574. The summed E-state index contributed by atoms with van der Waals surface area (Å²) in [6.07, 6.45) is 3.30. The van der Waals surface area contributed by atoms with Crippen LogP contribution in [0.25, 0.3) is 0 Å². The van der Waals surface area contributed by atoms with Gasteiger partial charge in [-0.15, -0.1) is 0 Å². The van der Waals surface area contributed by atoms with Gasteiger partial charge < -0.3 is 14.9 Å². The number of anilines is 1. The van der Waals surface area contributed by atoms with E-state index in [1.54, 1.807) is 0 Å². The van der Waals surface area contributed by atoms with Crippen molar-refractivity contribution in [2.24, 2.45) is 0 Å². The molecule has 1 heterocycles. The van der Waals surface area contributed by atoms with Gasteiger partial charge in [-0.3, -0.25) is 4.79 Å². The molecule has 5 nitrogen and oxygen atoms in total. The summed E-state index contributed by atoms with van der Waals surface area (Å²) >= 11 is 0. The number of hydrogen-bond donors (Lipinski definition) is 2. The van der Waals surface area contributed by atoms with Gasteiger partial charge in [-0.1, -0.05) is 5.16 Å². The third-order valence-electron chi connectivity index (χ3n) is 2.28. The maximum absolute atomic E-state index is 11.4. The van der Waals surface area contributed by atoms with Gasteiger partial charge >= 0.3 is 0 Å². The Morgan fingerprint density at radius 3 is 2.92 bits per heavy atom. The van der Waals surface area contributed by atoms with Crippen molar-refractivity contribution in [1.82, 2.24) is 5.16 Å². The van der Waals surface area contributed by atoms with Gasteiger partial charge in [0.15, 0.2) is 5.82 Å². The van der Waals surface area contributed by atoms with Crippen LogP contribution >= 0.6 is 0 Å². The number of hydrogen-bond acceptors (Lipinski definition) is 4. The van der Waals surface area contributed by atoms with Crippen LogP contribution in [0.2, 0.25) is 0 Å². The Labute approximate surface area is 74.7 Å². The van der Waals surface area contributed by atoms with Crippen molar-refractivity contribution in [1.29, 1.82) is 0 Å². The molecule has 0 bridgehead atoms. The van der Waals surface area contributed by atoms with Gasteiger partial charge in [0.05, 0.1) is 0 Å². The van der Waals surface area contributed by atoms with Crippen LogP contribution in [0, 0.1) is 0 Å². The van der Waals surface area contributed by atoms with Crippen LogP contribution in [0.4, 0.5) is 5.82 Å². The van der Waals surface area contributed by atoms with Crippen molar-refractivity contribution in [3.8, 4) is 0 Å². The summed E-state index contributed by atoms with van der Waals surface area (Å²) in [6.45, 7) is 0. The summed E-state index contributed by atoms with van der Waals surface area (Å²) in [7, 11) is 0. The third kappa shape index (κ3) is 1.42. The average Bonchev–Trinajstić information content (AvgIpc) is 2.52. The summed E-state index contributed by atoms with van der Waals surface area (Å²) < 4.78 is 4.53. The maximum Gasteiger partial charge on any atom is 0.257 e. The molecule has 0 radical (unpaired) electrons. The van der Waals surface area contributed by atoms with E-state index >= 15 is 0 Å². The monoisotopic (exact) mass is 182 g/mol. The van der Waals surface area contributed by atoms with Gasteiger partial charge in [-0.05, 0) is 19.3 Å². The number of carbonyl (C=O) groups excluding carboxylic acids is 1. The molecule has 70 valence electrons. The molecule has 2 N–H and O–H groups in total. The predicted octanol–water partition coefficient (Wildman–Crippen LogP) is 0.528. The van der Waals surface area contributed by atoms with Crippen molar-refractivity contribution in [2.75, 3.05) is 5.32 Å². The minimum absolute atomic E-state index is 0.338. The van der Waals surface area contributed by atoms with Crippen LogP contribution in [0.15, 0.2) is 16.9 Å². The smallest absolute Gasteiger partial charge is 0.257 e. The number of carbonyl (C=O) groups is 1. The van der Waals surface area contributed by atoms with Gasteiger partial charge in [0.25, 0.3) is 5.91 Å². The third-order valence-corrected chi connectivity index (χ3v) is 2.28. The highest BCUT2D eigenvalue weighted by Crippen LogP contribution is 2.32. The van der Waals surface area contributed by atoms with E-state index in [2.05, 4.69) is 15.0 Å². The quantitative estimate of drug-likeness (QED) is 0.699. The van der Waals surface area contributed by atoms with E-state index < -0.39 is 11.5 Å². The molecule has 0 atom stereocenters. The van der Waals surface area contributed by atoms with E-state index in [0.717, 1.165) is 6.42 Å². The molecule has 13 heavy (non-hydrogen) atoms. The summed E-state index contributed by atoms with van der Waals surface area (Å²) in [5, 5.41) is 15.6. The molecule has 1 aromatic rings. The van der Waals surface area contributed by atoms with Gasteiger partial charge in [-0.2, -0.15) is 0 Å². The molecule has 1 amide bonds. The molecule has 0 unspecified atom stereocenters. The van der Waals surface area contributed by atoms with Crippen LogP contribution in [0.5, 0.6) is 0 Å². The molecular weight excluding hydrogens is 172 g/mol. The first-order valence-corrected chi connectivity index (χ1v) is 4.15. The van der Waals surface area contributed by atoms with E-state index in [1.165, 1.54) is 12.3 Å². The maximum atomic E-state index is 11.4. The molecule has 0 saturated heterocycles. The first-order valence-electron chi connectivity index (χ1n) is 4.15. The minimum Gasteiger partial charge on any atom is -0.380 e. The zero-order chi connectivity index (χ0) is 9.31. The number of nitrogens with one attached hydrogen (secondary N) is 1. The Kier molecular flexibility index (Phi) is 1.81. The highest BCUT2D eigenvalue weighted by molar-refractivity contribution is 5.96. The average molecular weight is 182 g/mol. The fraction of sp³-hybridized carbons (Fsp3) is 0.500. The second-order valence-electron chi connectivity index (χ2n) is 3.22. The molecule has 0 aromatic carbocycles. The summed E-state index contributed by atoms with van der Waals surface area (Å²) in [6, 6.07) is 1.53. The Morgan fingerprint density at radius 2 is 2.46 bits per heavy atom. The second-order valence-corrected chi connectivity index (χ2v) is 3.22. The van der Waals surface area contributed by atoms with Crippen molar-refractivity contribution in [3.05, 3.63) is 12.3 Å². The molecule has 1 aliphatic rings. The lowest BCUT2D eigenvalue weighted by atomic mass is 9.79. The topological polar surface area (TPSA) is 75.4 Å². The van der Waals surface area contributed by atoms with Crippen molar-refractivity contribution < 1.29 is 14.4 Å². The summed E-state index contributed by atoms with van der Waals surface area (Å²) in [5.41, 5.74) is -1.18. The normalized spacial score (nSPS) is 19.2. The van der Waals surface area contributed by atoms with Crippen LogP contribution < -0.4 is 5.32 Å². The first-order chi connectivity index (χ1) is 6.21. The van der Waals surface area contributed by atoms with Crippen LogP contribution in [-0.2, 0) is 4.79 Å². The zero-order valence-corrected chi connectivity index (χ0v) is 6.99. The van der Waals surface area contributed by atoms with Gasteiger partial charge in [-0.25, -0.2) is 0 Å².